The summed E-state index contributed by atoms with van der Waals surface area (Å²) in [5.74, 6) is -0.282. The smallest absolute Gasteiger partial charge is 0.407 e. The van der Waals surface area contributed by atoms with Gasteiger partial charge in [-0.15, -0.1) is 22.7 Å². The normalized spacial score (nSPS) is 15.2. The summed E-state index contributed by atoms with van der Waals surface area (Å²) in [6.45, 7) is 2.24. The van der Waals surface area contributed by atoms with Gasteiger partial charge in [0.2, 0.25) is 5.91 Å². The van der Waals surface area contributed by atoms with Crippen molar-refractivity contribution in [3.63, 3.8) is 0 Å². The molecule has 0 saturated heterocycles. The highest BCUT2D eigenvalue weighted by Crippen LogP contribution is 2.38. The second-order valence-electron chi connectivity index (χ2n) is 7.21. The number of amides is 2. The highest BCUT2D eigenvalue weighted by molar-refractivity contribution is 7.16. The Morgan fingerprint density at radius 3 is 3.00 bits per heavy atom. The number of anilines is 1. The SMILES string of the molecule is Cc1csc(CNC(=O)OC2CCc3c(sc(NC(=O)C=Cc4ccsc4)c3C#N)C2)n1. The number of alkyl carbamates (subject to hydrolysis) is 1. The van der Waals surface area contributed by atoms with Crippen LogP contribution in [0.3, 0.4) is 0 Å². The molecule has 1 aliphatic carbocycles. The van der Waals surface area contributed by atoms with Crippen molar-refractivity contribution in [2.24, 2.45) is 0 Å². The van der Waals surface area contributed by atoms with Crippen molar-refractivity contribution in [2.75, 3.05) is 5.32 Å². The van der Waals surface area contributed by atoms with Crippen LogP contribution in [-0.4, -0.2) is 23.1 Å². The molecule has 2 N–H and O–H groups in total. The molecule has 10 heteroatoms. The molecule has 2 amide bonds. The van der Waals surface area contributed by atoms with Gasteiger partial charge in [0.1, 0.15) is 22.2 Å². The maximum absolute atomic E-state index is 12.3. The van der Waals surface area contributed by atoms with E-state index in [1.165, 1.54) is 28.7 Å². The zero-order valence-corrected chi connectivity index (χ0v) is 19.7. The molecule has 7 nitrogen and oxygen atoms in total. The fourth-order valence-corrected chi connectivity index (χ4v) is 5.99. The van der Waals surface area contributed by atoms with Gasteiger partial charge in [0.25, 0.3) is 0 Å². The van der Waals surface area contributed by atoms with Crippen LogP contribution >= 0.6 is 34.0 Å². The first-order valence-electron chi connectivity index (χ1n) is 9.93. The summed E-state index contributed by atoms with van der Waals surface area (Å²) in [6.07, 6.45) is 4.23. The Hall–Kier alpha value is -3.00. The minimum absolute atomic E-state index is 0.271. The van der Waals surface area contributed by atoms with E-state index >= 15 is 0 Å². The first-order chi connectivity index (χ1) is 15.5. The number of hydrogen-bond acceptors (Lipinski definition) is 8. The number of nitriles is 1. The minimum Gasteiger partial charge on any atom is -0.446 e. The highest BCUT2D eigenvalue weighted by Gasteiger charge is 2.28. The quantitative estimate of drug-likeness (QED) is 0.485. The summed E-state index contributed by atoms with van der Waals surface area (Å²) >= 11 is 4.43. The first-order valence-corrected chi connectivity index (χ1v) is 12.6. The number of rotatable bonds is 6. The van der Waals surface area contributed by atoms with E-state index < -0.39 is 6.09 Å². The molecule has 0 saturated carbocycles. The summed E-state index contributed by atoms with van der Waals surface area (Å²) < 4.78 is 5.57. The van der Waals surface area contributed by atoms with Gasteiger partial charge in [-0.25, -0.2) is 9.78 Å². The summed E-state index contributed by atoms with van der Waals surface area (Å²) in [4.78, 5) is 29.8. The Labute approximate surface area is 197 Å². The fraction of sp³-hybridized carbons (Fsp3) is 0.273. The van der Waals surface area contributed by atoms with Crippen LogP contribution in [0.2, 0.25) is 0 Å². The zero-order valence-electron chi connectivity index (χ0n) is 17.2. The van der Waals surface area contributed by atoms with Crippen molar-refractivity contribution in [1.29, 1.82) is 5.26 Å². The summed E-state index contributed by atoms with van der Waals surface area (Å²) in [5, 5.41) is 22.4. The number of nitrogens with one attached hydrogen (secondary N) is 2. The van der Waals surface area contributed by atoms with Crippen LogP contribution in [0, 0.1) is 18.3 Å². The van der Waals surface area contributed by atoms with Crippen molar-refractivity contribution in [3.8, 4) is 6.07 Å². The molecule has 4 rings (SSSR count). The van der Waals surface area contributed by atoms with Crippen LogP contribution in [0.4, 0.5) is 9.80 Å². The van der Waals surface area contributed by atoms with E-state index in [0.717, 1.165) is 26.7 Å². The van der Waals surface area contributed by atoms with Crippen molar-refractivity contribution < 1.29 is 14.3 Å². The molecule has 0 bridgehead atoms. The van der Waals surface area contributed by atoms with Gasteiger partial charge in [-0.2, -0.15) is 16.6 Å². The molecule has 0 aliphatic heterocycles. The molecule has 0 radical (unpaired) electrons. The molecule has 0 fully saturated rings. The monoisotopic (exact) mass is 484 g/mol. The molecule has 0 aromatic carbocycles. The maximum atomic E-state index is 12.3. The van der Waals surface area contributed by atoms with Crippen molar-refractivity contribution in [1.82, 2.24) is 10.3 Å². The molecular formula is C22H20N4O3S3. The van der Waals surface area contributed by atoms with E-state index in [1.54, 1.807) is 17.4 Å². The van der Waals surface area contributed by atoms with Gasteiger partial charge >= 0.3 is 6.09 Å². The van der Waals surface area contributed by atoms with Crippen LogP contribution in [0.1, 0.15) is 38.7 Å². The van der Waals surface area contributed by atoms with Crippen LogP contribution in [0.15, 0.2) is 28.3 Å². The standard InChI is InChI=1S/C22H20N4O3S3/c1-13-11-31-20(25-13)10-24-22(28)29-15-3-4-16-17(9-23)21(32-18(16)8-15)26-19(27)5-2-14-6-7-30-12-14/h2,5-7,11-12,15H,3-4,8,10H2,1H3,(H,24,28)(H,26,27). The van der Waals surface area contributed by atoms with Gasteiger partial charge in [-0.3, -0.25) is 4.79 Å². The lowest BCUT2D eigenvalue weighted by Gasteiger charge is -2.22. The minimum atomic E-state index is -0.476. The van der Waals surface area contributed by atoms with Crippen LogP contribution < -0.4 is 10.6 Å². The first kappa shape index (κ1) is 22.2. The number of nitrogens with zero attached hydrogens (tertiary/aromatic N) is 2. The third-order valence-electron chi connectivity index (χ3n) is 4.86. The van der Waals surface area contributed by atoms with Crippen molar-refractivity contribution in [3.05, 3.63) is 60.6 Å². The Kier molecular flexibility index (Phi) is 6.99. The second kappa shape index (κ2) is 10.1. The number of aromatic nitrogens is 1. The van der Waals surface area contributed by atoms with Crippen molar-refractivity contribution in [2.45, 2.75) is 38.8 Å². The molecule has 3 heterocycles. The molecule has 3 aromatic rings. The lowest BCUT2D eigenvalue weighted by Crippen LogP contribution is -2.31. The third kappa shape index (κ3) is 5.43. The van der Waals surface area contributed by atoms with Gasteiger partial charge in [-0.05, 0) is 53.8 Å². The topological polar surface area (TPSA) is 104 Å². The Morgan fingerprint density at radius 1 is 1.41 bits per heavy atom. The number of hydrogen-bond donors (Lipinski definition) is 2. The van der Waals surface area contributed by atoms with Gasteiger partial charge < -0.3 is 15.4 Å². The summed E-state index contributed by atoms with van der Waals surface area (Å²) in [7, 11) is 0. The summed E-state index contributed by atoms with van der Waals surface area (Å²) in [6, 6.07) is 4.15. The van der Waals surface area contributed by atoms with E-state index in [-0.39, 0.29) is 12.0 Å². The Bertz CT molecular complexity index is 1190. The Morgan fingerprint density at radius 2 is 2.28 bits per heavy atom. The second-order valence-corrected chi connectivity index (χ2v) is 10.0. The lowest BCUT2D eigenvalue weighted by atomic mass is 9.94. The molecule has 1 atom stereocenters. The fourth-order valence-electron chi connectivity index (χ4n) is 3.38. The predicted molar refractivity (Wildman–Crippen MR) is 127 cm³/mol. The number of aryl methyl sites for hydroxylation is 1. The molecule has 164 valence electrons. The third-order valence-corrected chi connectivity index (χ3v) is 7.70. The number of ether oxygens (including phenoxy) is 1. The van der Waals surface area contributed by atoms with Gasteiger partial charge in [0, 0.05) is 28.4 Å². The van der Waals surface area contributed by atoms with E-state index in [1.807, 2.05) is 29.1 Å². The number of fused-ring (bicyclic) bond motifs is 1. The predicted octanol–water partition coefficient (Wildman–Crippen LogP) is 4.88. The van der Waals surface area contributed by atoms with E-state index in [2.05, 4.69) is 21.7 Å². The van der Waals surface area contributed by atoms with Crippen LogP contribution in [0.25, 0.3) is 6.08 Å². The molecular weight excluding hydrogens is 464 g/mol. The number of thiazole rings is 1. The number of carbonyl (C=O) groups is 2. The molecule has 32 heavy (non-hydrogen) atoms. The number of carbonyl (C=O) groups excluding carboxylic acids is 2. The van der Waals surface area contributed by atoms with Crippen LogP contribution in [0.5, 0.6) is 0 Å². The zero-order chi connectivity index (χ0) is 22.5. The Balaban J connectivity index is 1.35. The molecule has 3 aromatic heterocycles. The maximum Gasteiger partial charge on any atom is 0.407 e. The average Bonchev–Trinajstić information content (AvgIpc) is 3.50. The van der Waals surface area contributed by atoms with Crippen molar-refractivity contribution >= 4 is 57.1 Å². The van der Waals surface area contributed by atoms with Crippen LogP contribution in [-0.2, 0) is 28.9 Å². The van der Waals surface area contributed by atoms with E-state index in [0.29, 0.717) is 36.4 Å². The molecule has 1 unspecified atom stereocenters. The lowest BCUT2D eigenvalue weighted by molar-refractivity contribution is -0.111. The van der Waals surface area contributed by atoms with E-state index in [9.17, 15) is 14.9 Å². The largest absolute Gasteiger partial charge is 0.446 e. The number of thiophene rings is 2. The summed E-state index contributed by atoms with van der Waals surface area (Å²) in [5.41, 5.74) is 3.33. The average molecular weight is 485 g/mol. The van der Waals surface area contributed by atoms with Gasteiger partial charge in [0.15, 0.2) is 0 Å². The molecule has 0 spiro atoms. The van der Waals surface area contributed by atoms with Gasteiger partial charge in [0.05, 0.1) is 12.1 Å². The van der Waals surface area contributed by atoms with E-state index in [4.69, 9.17) is 4.74 Å². The molecule has 1 aliphatic rings. The highest BCUT2D eigenvalue weighted by atomic mass is 32.1. The van der Waals surface area contributed by atoms with Gasteiger partial charge in [-0.1, -0.05) is 0 Å².